The third-order valence-electron chi connectivity index (χ3n) is 2.48. The number of hydrogen-bond donors (Lipinski definition) is 0. The highest BCUT2D eigenvalue weighted by Gasteiger charge is 2.23. The lowest BCUT2D eigenvalue weighted by Gasteiger charge is -2.40. The maximum atomic E-state index is 12.6. The van der Waals surface area contributed by atoms with Crippen LogP contribution >= 0.6 is 0 Å². The van der Waals surface area contributed by atoms with Crippen LogP contribution in [0, 0.1) is 5.82 Å². The highest BCUT2D eigenvalue weighted by molar-refractivity contribution is 5.49. The van der Waals surface area contributed by atoms with Gasteiger partial charge in [-0.1, -0.05) is 0 Å². The molecule has 1 saturated heterocycles. The number of hydrogen-bond acceptors (Lipinski definition) is 1. The summed E-state index contributed by atoms with van der Waals surface area (Å²) in [6, 6.07) is 7.33. The molecule has 1 aliphatic heterocycles. The van der Waals surface area contributed by atoms with Gasteiger partial charge in [0.2, 0.25) is 0 Å². The first-order valence-corrected chi connectivity index (χ1v) is 4.29. The standard InChI is InChI=1S/C10H12FN/c1-8-6-7-12(8)10-4-2-9(11)3-5-10/h2-5,8H,6-7H2,1H3. The summed E-state index contributed by atoms with van der Waals surface area (Å²) in [5.74, 6) is -0.160. The van der Waals surface area contributed by atoms with E-state index in [4.69, 9.17) is 0 Å². The SMILES string of the molecule is CC1CCN1c1ccc(F)cc1. The zero-order valence-electron chi connectivity index (χ0n) is 7.13. The molecule has 1 atom stereocenters. The molecule has 0 N–H and O–H groups in total. The maximum Gasteiger partial charge on any atom is 0.123 e. The molecule has 1 nitrogen and oxygen atoms in total. The van der Waals surface area contributed by atoms with Gasteiger partial charge < -0.3 is 4.90 Å². The van der Waals surface area contributed by atoms with E-state index in [9.17, 15) is 4.39 Å². The van der Waals surface area contributed by atoms with Crippen molar-refractivity contribution in [3.8, 4) is 0 Å². The van der Waals surface area contributed by atoms with Gasteiger partial charge in [0, 0.05) is 18.3 Å². The lowest BCUT2D eigenvalue weighted by Crippen LogP contribution is -2.45. The van der Waals surface area contributed by atoms with Gasteiger partial charge in [0.1, 0.15) is 5.82 Å². The molecule has 0 saturated carbocycles. The smallest absolute Gasteiger partial charge is 0.123 e. The molecular formula is C10H12FN. The molecule has 1 fully saturated rings. The Morgan fingerprint density at radius 3 is 2.42 bits per heavy atom. The first-order chi connectivity index (χ1) is 5.77. The summed E-state index contributed by atoms with van der Waals surface area (Å²) in [5.41, 5.74) is 1.13. The molecule has 0 aliphatic carbocycles. The average molecular weight is 165 g/mol. The van der Waals surface area contributed by atoms with E-state index in [0.29, 0.717) is 6.04 Å². The number of rotatable bonds is 1. The largest absolute Gasteiger partial charge is 0.369 e. The van der Waals surface area contributed by atoms with Crippen LogP contribution in [-0.2, 0) is 0 Å². The summed E-state index contributed by atoms with van der Waals surface area (Å²) in [4.78, 5) is 2.28. The Kier molecular flexibility index (Phi) is 1.75. The average Bonchev–Trinajstić information content (AvgIpc) is 2.06. The monoisotopic (exact) mass is 165 g/mol. The van der Waals surface area contributed by atoms with Crippen molar-refractivity contribution in [2.45, 2.75) is 19.4 Å². The third-order valence-corrected chi connectivity index (χ3v) is 2.48. The number of halogens is 1. The molecule has 1 aliphatic rings. The van der Waals surface area contributed by atoms with Crippen molar-refractivity contribution in [1.29, 1.82) is 0 Å². The molecule has 64 valence electrons. The summed E-state index contributed by atoms with van der Waals surface area (Å²) >= 11 is 0. The van der Waals surface area contributed by atoms with Crippen molar-refractivity contribution in [2.75, 3.05) is 11.4 Å². The summed E-state index contributed by atoms with van der Waals surface area (Å²) < 4.78 is 12.6. The van der Waals surface area contributed by atoms with Gasteiger partial charge in [0.05, 0.1) is 0 Å². The van der Waals surface area contributed by atoms with Crippen molar-refractivity contribution in [3.05, 3.63) is 30.1 Å². The molecule has 0 aromatic heterocycles. The van der Waals surface area contributed by atoms with E-state index >= 15 is 0 Å². The zero-order valence-corrected chi connectivity index (χ0v) is 7.13. The molecule has 0 radical (unpaired) electrons. The summed E-state index contributed by atoms with van der Waals surface area (Å²) in [6.45, 7) is 3.29. The van der Waals surface area contributed by atoms with E-state index < -0.39 is 0 Å². The van der Waals surface area contributed by atoms with E-state index in [1.807, 2.05) is 12.1 Å². The topological polar surface area (TPSA) is 3.24 Å². The van der Waals surface area contributed by atoms with Crippen molar-refractivity contribution in [1.82, 2.24) is 0 Å². The molecule has 0 spiro atoms. The molecule has 1 heterocycles. The Balaban J connectivity index is 2.18. The summed E-state index contributed by atoms with van der Waals surface area (Å²) in [7, 11) is 0. The van der Waals surface area contributed by atoms with Crippen molar-refractivity contribution < 1.29 is 4.39 Å². The Bertz CT molecular complexity index is 268. The second-order valence-electron chi connectivity index (χ2n) is 3.31. The van der Waals surface area contributed by atoms with Crippen molar-refractivity contribution in [3.63, 3.8) is 0 Å². The van der Waals surface area contributed by atoms with Crippen LogP contribution in [0.5, 0.6) is 0 Å². The Labute approximate surface area is 71.8 Å². The van der Waals surface area contributed by atoms with Crippen LogP contribution in [0.15, 0.2) is 24.3 Å². The normalized spacial score (nSPS) is 22.2. The molecular weight excluding hydrogens is 153 g/mol. The van der Waals surface area contributed by atoms with Crippen LogP contribution in [0.4, 0.5) is 10.1 Å². The molecule has 2 rings (SSSR count). The van der Waals surface area contributed by atoms with Crippen LogP contribution in [0.3, 0.4) is 0 Å². The van der Waals surface area contributed by atoms with Gasteiger partial charge in [-0.25, -0.2) is 4.39 Å². The van der Waals surface area contributed by atoms with Crippen LogP contribution < -0.4 is 4.90 Å². The molecule has 1 aromatic carbocycles. The van der Waals surface area contributed by atoms with Crippen LogP contribution in [0.2, 0.25) is 0 Å². The fraction of sp³-hybridized carbons (Fsp3) is 0.400. The molecule has 1 unspecified atom stereocenters. The predicted molar refractivity (Wildman–Crippen MR) is 47.8 cm³/mol. The minimum absolute atomic E-state index is 0.160. The molecule has 1 aromatic rings. The Morgan fingerprint density at radius 1 is 1.33 bits per heavy atom. The molecule has 0 bridgehead atoms. The van der Waals surface area contributed by atoms with E-state index in [1.165, 1.54) is 18.6 Å². The first kappa shape index (κ1) is 7.59. The lowest BCUT2D eigenvalue weighted by atomic mass is 10.0. The first-order valence-electron chi connectivity index (χ1n) is 4.29. The van der Waals surface area contributed by atoms with Gasteiger partial charge in [0.15, 0.2) is 0 Å². The molecule has 12 heavy (non-hydrogen) atoms. The van der Waals surface area contributed by atoms with Crippen LogP contribution in [0.25, 0.3) is 0 Å². The van der Waals surface area contributed by atoms with Crippen molar-refractivity contribution >= 4 is 5.69 Å². The van der Waals surface area contributed by atoms with E-state index in [-0.39, 0.29) is 5.82 Å². The maximum absolute atomic E-state index is 12.6. The second-order valence-corrected chi connectivity index (χ2v) is 3.31. The summed E-state index contributed by atoms with van der Waals surface area (Å²) in [5, 5.41) is 0. The van der Waals surface area contributed by atoms with E-state index in [0.717, 1.165) is 12.2 Å². The third kappa shape index (κ3) is 1.17. The predicted octanol–water partition coefficient (Wildman–Crippen LogP) is 2.42. The van der Waals surface area contributed by atoms with Crippen molar-refractivity contribution in [2.24, 2.45) is 0 Å². The van der Waals surface area contributed by atoms with Crippen LogP contribution in [0.1, 0.15) is 13.3 Å². The highest BCUT2D eigenvalue weighted by Crippen LogP contribution is 2.25. The van der Waals surface area contributed by atoms with Gasteiger partial charge in [-0.2, -0.15) is 0 Å². The van der Waals surface area contributed by atoms with Gasteiger partial charge >= 0.3 is 0 Å². The van der Waals surface area contributed by atoms with Gasteiger partial charge in [-0.05, 0) is 37.6 Å². The lowest BCUT2D eigenvalue weighted by molar-refractivity contribution is 0.481. The van der Waals surface area contributed by atoms with Crippen LogP contribution in [-0.4, -0.2) is 12.6 Å². The van der Waals surface area contributed by atoms with E-state index in [1.54, 1.807) is 0 Å². The number of benzene rings is 1. The molecule has 0 amide bonds. The fourth-order valence-corrected chi connectivity index (χ4v) is 1.53. The minimum atomic E-state index is -0.160. The minimum Gasteiger partial charge on any atom is -0.369 e. The van der Waals surface area contributed by atoms with E-state index in [2.05, 4.69) is 11.8 Å². The highest BCUT2D eigenvalue weighted by atomic mass is 19.1. The second kappa shape index (κ2) is 2.77. The molecule has 2 heteroatoms. The zero-order chi connectivity index (χ0) is 8.55. The van der Waals surface area contributed by atoms with Gasteiger partial charge in [-0.15, -0.1) is 0 Å². The van der Waals surface area contributed by atoms with Gasteiger partial charge in [-0.3, -0.25) is 0 Å². The van der Waals surface area contributed by atoms with Gasteiger partial charge in [0.25, 0.3) is 0 Å². The Hall–Kier alpha value is -1.05. The Morgan fingerprint density at radius 2 is 2.00 bits per heavy atom. The number of anilines is 1. The fourth-order valence-electron chi connectivity index (χ4n) is 1.53. The quantitative estimate of drug-likeness (QED) is 0.617. The number of nitrogens with zero attached hydrogens (tertiary/aromatic N) is 1. The summed E-state index contributed by atoms with van der Waals surface area (Å²) in [6.07, 6.45) is 1.25.